The molecule has 1 saturated heterocycles. The third-order valence-corrected chi connectivity index (χ3v) is 6.65. The van der Waals surface area contributed by atoms with Gasteiger partial charge in [0.2, 0.25) is 0 Å². The number of hydrogen-bond acceptors (Lipinski definition) is 5. The highest BCUT2D eigenvalue weighted by Crippen LogP contribution is 2.44. The lowest BCUT2D eigenvalue weighted by molar-refractivity contribution is -0.141. The van der Waals surface area contributed by atoms with Crippen molar-refractivity contribution in [1.29, 1.82) is 0 Å². The lowest BCUT2D eigenvalue weighted by Gasteiger charge is -2.16. The molecule has 0 bridgehead atoms. The zero-order chi connectivity index (χ0) is 24.4. The molecule has 8 heteroatoms. The zero-order valence-corrected chi connectivity index (χ0v) is 19.0. The summed E-state index contributed by atoms with van der Waals surface area (Å²) in [5.74, 6) is -1.68. The van der Waals surface area contributed by atoms with Crippen LogP contribution in [0.1, 0.15) is 39.5 Å². The topological polar surface area (TPSA) is 109 Å². The number of rotatable bonds is 6. The Balaban J connectivity index is 1.17. The van der Waals surface area contributed by atoms with Crippen molar-refractivity contribution >= 4 is 18.0 Å². The largest absolute Gasteiger partial charge is 0.481 e. The van der Waals surface area contributed by atoms with Crippen LogP contribution in [0.2, 0.25) is 0 Å². The number of carbonyl (C=O) groups is 3. The molecule has 5 rings (SSSR count). The molecule has 8 nitrogen and oxygen atoms in total. The maximum absolute atomic E-state index is 12.7. The molecule has 178 valence electrons. The van der Waals surface area contributed by atoms with Crippen LogP contribution in [0, 0.1) is 5.92 Å². The Kier molecular flexibility index (Phi) is 6.18. The van der Waals surface area contributed by atoms with E-state index in [1.54, 1.807) is 12.1 Å². The van der Waals surface area contributed by atoms with Gasteiger partial charge in [0.15, 0.2) is 0 Å². The fraction of sp³-hybridized carbons (Fsp3) is 0.259. The fourth-order valence-electron chi connectivity index (χ4n) is 4.85. The maximum Gasteiger partial charge on any atom is 0.407 e. The van der Waals surface area contributed by atoms with Crippen molar-refractivity contribution in [2.24, 2.45) is 5.92 Å². The van der Waals surface area contributed by atoms with E-state index in [0.29, 0.717) is 24.2 Å². The zero-order valence-electron chi connectivity index (χ0n) is 19.0. The van der Waals surface area contributed by atoms with Gasteiger partial charge in [-0.05, 0) is 40.8 Å². The Labute approximate surface area is 202 Å². The summed E-state index contributed by atoms with van der Waals surface area (Å²) in [4.78, 5) is 42.1. The summed E-state index contributed by atoms with van der Waals surface area (Å²) in [6, 6.07) is 19.5. The summed E-state index contributed by atoms with van der Waals surface area (Å²) in [6.07, 6.45) is 1.39. The van der Waals surface area contributed by atoms with Crippen molar-refractivity contribution in [3.05, 3.63) is 89.2 Å². The summed E-state index contributed by atoms with van der Waals surface area (Å²) in [6.45, 7) is 0.927. The number of carboxylic acids is 1. The molecule has 1 unspecified atom stereocenters. The van der Waals surface area contributed by atoms with Crippen molar-refractivity contribution < 1.29 is 24.2 Å². The van der Waals surface area contributed by atoms with Crippen molar-refractivity contribution in [1.82, 2.24) is 15.2 Å². The molecule has 1 aromatic heterocycles. The van der Waals surface area contributed by atoms with E-state index < -0.39 is 18.0 Å². The van der Waals surface area contributed by atoms with E-state index in [0.717, 1.165) is 22.3 Å². The summed E-state index contributed by atoms with van der Waals surface area (Å²) < 4.78 is 5.55. The average molecular weight is 472 g/mol. The molecule has 0 spiro atoms. The van der Waals surface area contributed by atoms with Gasteiger partial charge in [-0.3, -0.25) is 14.6 Å². The van der Waals surface area contributed by atoms with Gasteiger partial charge in [0.1, 0.15) is 6.61 Å². The monoisotopic (exact) mass is 471 g/mol. The van der Waals surface area contributed by atoms with Gasteiger partial charge in [-0.1, -0.05) is 48.5 Å². The molecular weight excluding hydrogens is 446 g/mol. The van der Waals surface area contributed by atoms with Gasteiger partial charge < -0.3 is 20.1 Å². The quantitative estimate of drug-likeness (QED) is 0.568. The van der Waals surface area contributed by atoms with Crippen molar-refractivity contribution in [2.75, 3.05) is 19.7 Å². The standard InChI is InChI=1S/C27H25N3O5/c31-25(30-12-10-18(15-30)26(32)33)17-9-11-28-19(13-17)14-29-27(34)35-16-24-22-7-3-1-5-20(22)21-6-2-4-8-23(21)24/h1-9,11,13,18,24H,10,12,14-16H2,(H,29,34)(H,32,33). The molecule has 2 aliphatic rings. The van der Waals surface area contributed by atoms with Crippen LogP contribution in [-0.4, -0.2) is 52.7 Å². The van der Waals surface area contributed by atoms with Gasteiger partial charge in [-0.15, -0.1) is 0 Å². The molecular formula is C27H25N3O5. The summed E-state index contributed by atoms with van der Waals surface area (Å²) in [5, 5.41) is 11.9. The molecule has 2 N–H and O–H groups in total. The summed E-state index contributed by atoms with van der Waals surface area (Å²) in [7, 11) is 0. The minimum Gasteiger partial charge on any atom is -0.481 e. The Hall–Kier alpha value is -4.20. The van der Waals surface area contributed by atoms with Crippen LogP contribution < -0.4 is 5.32 Å². The molecule has 3 aromatic rings. The molecule has 1 atom stereocenters. The molecule has 2 heterocycles. The lowest BCUT2D eigenvalue weighted by atomic mass is 9.98. The molecule has 2 aromatic carbocycles. The predicted octanol–water partition coefficient (Wildman–Crippen LogP) is 3.67. The third kappa shape index (κ3) is 4.59. The van der Waals surface area contributed by atoms with Gasteiger partial charge >= 0.3 is 12.1 Å². The van der Waals surface area contributed by atoms with Gasteiger partial charge in [0.25, 0.3) is 5.91 Å². The van der Waals surface area contributed by atoms with Crippen LogP contribution in [0.4, 0.5) is 4.79 Å². The SMILES string of the molecule is O=C(NCc1cc(C(=O)N2CCC(C(=O)O)C2)ccn1)OCC1c2ccccc2-c2ccccc21. The Morgan fingerprint density at radius 3 is 2.37 bits per heavy atom. The Morgan fingerprint density at radius 1 is 1.03 bits per heavy atom. The van der Waals surface area contributed by atoms with Crippen molar-refractivity contribution in [3.8, 4) is 11.1 Å². The van der Waals surface area contributed by atoms with Crippen molar-refractivity contribution in [2.45, 2.75) is 18.9 Å². The van der Waals surface area contributed by atoms with E-state index in [-0.39, 0.29) is 31.5 Å². The molecule has 0 radical (unpaired) electrons. The first kappa shape index (κ1) is 22.6. The number of alkyl carbamates (subject to hydrolysis) is 1. The number of aromatic nitrogens is 1. The Morgan fingerprint density at radius 2 is 1.71 bits per heavy atom. The number of aliphatic carboxylic acids is 1. The molecule has 1 fully saturated rings. The second-order valence-corrected chi connectivity index (χ2v) is 8.79. The number of nitrogens with zero attached hydrogens (tertiary/aromatic N) is 2. The van der Waals surface area contributed by atoms with Gasteiger partial charge in [-0.2, -0.15) is 0 Å². The highest BCUT2D eigenvalue weighted by atomic mass is 16.5. The number of nitrogens with one attached hydrogen (secondary N) is 1. The second kappa shape index (κ2) is 9.58. The van der Waals surface area contributed by atoms with Crippen LogP contribution >= 0.6 is 0 Å². The number of likely N-dealkylation sites (tertiary alicyclic amines) is 1. The van der Waals surface area contributed by atoms with E-state index in [4.69, 9.17) is 9.84 Å². The molecule has 0 saturated carbocycles. The van der Waals surface area contributed by atoms with Crippen LogP contribution in [0.25, 0.3) is 11.1 Å². The van der Waals surface area contributed by atoms with Crippen LogP contribution in [0.15, 0.2) is 66.9 Å². The van der Waals surface area contributed by atoms with Crippen molar-refractivity contribution in [3.63, 3.8) is 0 Å². The summed E-state index contributed by atoms with van der Waals surface area (Å²) >= 11 is 0. The van der Waals surface area contributed by atoms with Gasteiger partial charge in [-0.25, -0.2) is 4.79 Å². The van der Waals surface area contributed by atoms with E-state index in [9.17, 15) is 14.4 Å². The van der Waals surface area contributed by atoms with E-state index in [1.807, 2.05) is 24.3 Å². The molecule has 1 aliphatic heterocycles. The second-order valence-electron chi connectivity index (χ2n) is 8.79. The minimum atomic E-state index is -0.886. The third-order valence-electron chi connectivity index (χ3n) is 6.65. The number of ether oxygens (including phenoxy) is 1. The summed E-state index contributed by atoms with van der Waals surface area (Å²) in [5.41, 5.74) is 5.53. The van der Waals surface area contributed by atoms with E-state index in [1.165, 1.54) is 11.1 Å². The molecule has 2 amide bonds. The normalized spacial score (nSPS) is 16.5. The van der Waals surface area contributed by atoms with Crippen LogP contribution in [0.5, 0.6) is 0 Å². The number of benzene rings is 2. The highest BCUT2D eigenvalue weighted by molar-refractivity contribution is 5.94. The smallest absolute Gasteiger partial charge is 0.407 e. The Bertz CT molecular complexity index is 1250. The number of carbonyl (C=O) groups excluding carboxylic acids is 2. The number of pyridine rings is 1. The van der Waals surface area contributed by atoms with Crippen LogP contribution in [0.3, 0.4) is 0 Å². The fourth-order valence-corrected chi connectivity index (χ4v) is 4.85. The molecule has 35 heavy (non-hydrogen) atoms. The van der Waals surface area contributed by atoms with Gasteiger partial charge in [0.05, 0.1) is 18.2 Å². The molecule has 1 aliphatic carbocycles. The average Bonchev–Trinajstić information content (AvgIpc) is 3.50. The minimum absolute atomic E-state index is 0.0256. The van der Waals surface area contributed by atoms with Crippen LogP contribution in [-0.2, 0) is 16.1 Å². The number of carboxylic acid groups (broad SMARTS) is 1. The lowest BCUT2D eigenvalue weighted by Crippen LogP contribution is -2.30. The van der Waals surface area contributed by atoms with E-state index >= 15 is 0 Å². The van der Waals surface area contributed by atoms with E-state index in [2.05, 4.69) is 34.6 Å². The first-order chi connectivity index (χ1) is 17.0. The maximum atomic E-state index is 12.7. The van der Waals surface area contributed by atoms with Gasteiger partial charge in [0, 0.05) is 30.8 Å². The highest BCUT2D eigenvalue weighted by Gasteiger charge is 2.31. The first-order valence-corrected chi connectivity index (χ1v) is 11.6. The number of hydrogen-bond donors (Lipinski definition) is 2. The number of fused-ring (bicyclic) bond motifs is 3. The predicted molar refractivity (Wildman–Crippen MR) is 128 cm³/mol. The first-order valence-electron chi connectivity index (χ1n) is 11.6. The number of amides is 2.